The van der Waals surface area contributed by atoms with Crippen molar-refractivity contribution in [3.05, 3.63) is 24.3 Å². The molecule has 0 aliphatic carbocycles. The van der Waals surface area contributed by atoms with Crippen LogP contribution in [0.2, 0.25) is 0 Å². The van der Waals surface area contributed by atoms with E-state index in [1.165, 1.54) is 12.8 Å². The number of ether oxygens (including phenoxy) is 1. The van der Waals surface area contributed by atoms with E-state index in [-0.39, 0.29) is 6.10 Å². The minimum atomic E-state index is 0.214. The predicted octanol–water partition coefficient (Wildman–Crippen LogP) is 4.32. The van der Waals surface area contributed by atoms with Crippen LogP contribution in [0, 0.1) is 5.92 Å². The molecule has 0 aromatic heterocycles. The standard InChI is InChI=1S/C15H25NO/c1-5-8-13(4)11-16-14-9-6-7-10-15(14)17-12(2)3/h6-7,9-10,12-13,16H,5,8,11H2,1-4H3. The van der Waals surface area contributed by atoms with E-state index in [0.29, 0.717) is 5.92 Å². The summed E-state index contributed by atoms with van der Waals surface area (Å²) in [6, 6.07) is 8.15. The van der Waals surface area contributed by atoms with Crippen LogP contribution in [-0.2, 0) is 0 Å². The Bertz CT molecular complexity index is 322. The van der Waals surface area contributed by atoms with Gasteiger partial charge in [-0.2, -0.15) is 0 Å². The number of benzene rings is 1. The van der Waals surface area contributed by atoms with Gasteiger partial charge in [-0.25, -0.2) is 0 Å². The molecule has 0 spiro atoms. The minimum absolute atomic E-state index is 0.214. The lowest BCUT2D eigenvalue weighted by molar-refractivity contribution is 0.243. The fraction of sp³-hybridized carbons (Fsp3) is 0.600. The van der Waals surface area contributed by atoms with Gasteiger partial charge in [0.1, 0.15) is 5.75 Å². The zero-order valence-electron chi connectivity index (χ0n) is 11.5. The molecule has 2 nitrogen and oxygen atoms in total. The first-order chi connectivity index (χ1) is 8.13. The Morgan fingerprint density at radius 2 is 1.88 bits per heavy atom. The SMILES string of the molecule is CCCC(C)CNc1ccccc1OC(C)C. The van der Waals surface area contributed by atoms with E-state index in [1.807, 2.05) is 18.2 Å². The molecular formula is C15H25NO. The van der Waals surface area contributed by atoms with Gasteiger partial charge < -0.3 is 10.1 Å². The first kappa shape index (κ1) is 13.9. The molecule has 0 radical (unpaired) electrons. The molecule has 1 atom stereocenters. The van der Waals surface area contributed by atoms with Gasteiger partial charge >= 0.3 is 0 Å². The quantitative estimate of drug-likeness (QED) is 0.760. The number of nitrogens with one attached hydrogen (secondary N) is 1. The smallest absolute Gasteiger partial charge is 0.142 e. The van der Waals surface area contributed by atoms with E-state index in [9.17, 15) is 0 Å². The Labute approximate surface area is 105 Å². The molecule has 17 heavy (non-hydrogen) atoms. The molecular weight excluding hydrogens is 210 g/mol. The Morgan fingerprint density at radius 1 is 1.18 bits per heavy atom. The monoisotopic (exact) mass is 235 g/mol. The van der Waals surface area contributed by atoms with Crippen molar-refractivity contribution >= 4 is 5.69 Å². The largest absolute Gasteiger partial charge is 0.489 e. The molecule has 0 saturated carbocycles. The molecule has 1 N–H and O–H groups in total. The van der Waals surface area contributed by atoms with Crippen LogP contribution < -0.4 is 10.1 Å². The van der Waals surface area contributed by atoms with Crippen LogP contribution in [0.5, 0.6) is 5.75 Å². The van der Waals surface area contributed by atoms with Crippen molar-refractivity contribution in [1.82, 2.24) is 0 Å². The molecule has 2 heteroatoms. The van der Waals surface area contributed by atoms with Crippen LogP contribution in [-0.4, -0.2) is 12.6 Å². The van der Waals surface area contributed by atoms with E-state index in [4.69, 9.17) is 4.74 Å². The molecule has 1 aromatic rings. The molecule has 0 aliphatic rings. The number of hydrogen-bond acceptors (Lipinski definition) is 2. The maximum atomic E-state index is 5.78. The topological polar surface area (TPSA) is 21.3 Å². The van der Waals surface area contributed by atoms with Crippen molar-refractivity contribution in [2.75, 3.05) is 11.9 Å². The third-order valence-corrected chi connectivity index (χ3v) is 2.67. The molecule has 1 rings (SSSR count). The summed E-state index contributed by atoms with van der Waals surface area (Å²) in [5.41, 5.74) is 1.10. The molecule has 1 aromatic carbocycles. The summed E-state index contributed by atoms with van der Waals surface area (Å²) in [4.78, 5) is 0. The highest BCUT2D eigenvalue weighted by Crippen LogP contribution is 2.25. The highest BCUT2D eigenvalue weighted by Gasteiger charge is 2.06. The van der Waals surface area contributed by atoms with Gasteiger partial charge in [0.05, 0.1) is 11.8 Å². The normalized spacial score (nSPS) is 12.5. The van der Waals surface area contributed by atoms with Crippen LogP contribution in [0.1, 0.15) is 40.5 Å². The maximum Gasteiger partial charge on any atom is 0.142 e. The number of rotatable bonds is 7. The molecule has 0 fully saturated rings. The van der Waals surface area contributed by atoms with Crippen LogP contribution in [0.3, 0.4) is 0 Å². The van der Waals surface area contributed by atoms with Crippen molar-refractivity contribution < 1.29 is 4.74 Å². The molecule has 1 unspecified atom stereocenters. The molecule has 0 saturated heterocycles. The molecule has 0 heterocycles. The van der Waals surface area contributed by atoms with Gasteiger partial charge in [-0.15, -0.1) is 0 Å². The van der Waals surface area contributed by atoms with Gasteiger partial charge in [0, 0.05) is 6.54 Å². The average molecular weight is 235 g/mol. The fourth-order valence-electron chi connectivity index (χ4n) is 1.85. The van der Waals surface area contributed by atoms with Gasteiger partial charge in [0.25, 0.3) is 0 Å². The Kier molecular flexibility index (Phi) is 5.88. The van der Waals surface area contributed by atoms with Crippen LogP contribution >= 0.6 is 0 Å². The molecule has 0 aliphatic heterocycles. The second-order valence-corrected chi connectivity index (χ2v) is 4.94. The van der Waals surface area contributed by atoms with Crippen molar-refractivity contribution in [3.8, 4) is 5.75 Å². The van der Waals surface area contributed by atoms with Gasteiger partial charge in [0.2, 0.25) is 0 Å². The Balaban J connectivity index is 2.57. The van der Waals surface area contributed by atoms with E-state index >= 15 is 0 Å². The third-order valence-electron chi connectivity index (χ3n) is 2.67. The minimum Gasteiger partial charge on any atom is -0.489 e. The summed E-state index contributed by atoms with van der Waals surface area (Å²) in [7, 11) is 0. The average Bonchev–Trinajstić information content (AvgIpc) is 2.27. The van der Waals surface area contributed by atoms with Gasteiger partial charge in [-0.1, -0.05) is 32.4 Å². The van der Waals surface area contributed by atoms with E-state index in [1.54, 1.807) is 0 Å². The van der Waals surface area contributed by atoms with Crippen molar-refractivity contribution in [2.45, 2.75) is 46.6 Å². The molecule has 0 amide bonds. The zero-order chi connectivity index (χ0) is 12.7. The first-order valence-corrected chi connectivity index (χ1v) is 6.63. The van der Waals surface area contributed by atoms with Crippen LogP contribution in [0.15, 0.2) is 24.3 Å². The second-order valence-electron chi connectivity index (χ2n) is 4.94. The lowest BCUT2D eigenvalue weighted by atomic mass is 10.1. The second kappa shape index (κ2) is 7.21. The lowest BCUT2D eigenvalue weighted by Crippen LogP contribution is -2.13. The third kappa shape index (κ3) is 5.12. The molecule has 0 bridgehead atoms. The van der Waals surface area contributed by atoms with Crippen LogP contribution in [0.4, 0.5) is 5.69 Å². The lowest BCUT2D eigenvalue weighted by Gasteiger charge is -2.17. The Hall–Kier alpha value is -1.18. The van der Waals surface area contributed by atoms with E-state index in [2.05, 4.69) is 39.1 Å². The predicted molar refractivity (Wildman–Crippen MR) is 74.8 cm³/mol. The summed E-state index contributed by atoms with van der Waals surface area (Å²) in [6.45, 7) is 9.62. The summed E-state index contributed by atoms with van der Waals surface area (Å²) < 4.78 is 5.78. The first-order valence-electron chi connectivity index (χ1n) is 6.63. The number of para-hydroxylation sites is 2. The summed E-state index contributed by atoms with van der Waals surface area (Å²) in [6.07, 6.45) is 2.72. The van der Waals surface area contributed by atoms with Gasteiger partial charge in [-0.05, 0) is 38.3 Å². The zero-order valence-corrected chi connectivity index (χ0v) is 11.5. The summed E-state index contributed by atoms with van der Waals surface area (Å²) in [5.74, 6) is 1.65. The fourth-order valence-corrected chi connectivity index (χ4v) is 1.85. The number of hydrogen-bond donors (Lipinski definition) is 1. The highest BCUT2D eigenvalue weighted by atomic mass is 16.5. The maximum absolute atomic E-state index is 5.78. The van der Waals surface area contributed by atoms with Crippen molar-refractivity contribution in [1.29, 1.82) is 0 Å². The highest BCUT2D eigenvalue weighted by molar-refractivity contribution is 5.56. The van der Waals surface area contributed by atoms with Crippen molar-refractivity contribution in [2.24, 2.45) is 5.92 Å². The number of anilines is 1. The van der Waals surface area contributed by atoms with Crippen molar-refractivity contribution in [3.63, 3.8) is 0 Å². The molecule has 96 valence electrons. The Morgan fingerprint density at radius 3 is 2.53 bits per heavy atom. The van der Waals surface area contributed by atoms with E-state index in [0.717, 1.165) is 18.0 Å². The van der Waals surface area contributed by atoms with E-state index < -0.39 is 0 Å². The summed E-state index contributed by atoms with van der Waals surface area (Å²) in [5, 5.41) is 3.48. The van der Waals surface area contributed by atoms with Crippen LogP contribution in [0.25, 0.3) is 0 Å². The van der Waals surface area contributed by atoms with Gasteiger partial charge in [0.15, 0.2) is 0 Å². The van der Waals surface area contributed by atoms with Gasteiger partial charge in [-0.3, -0.25) is 0 Å². The summed E-state index contributed by atoms with van der Waals surface area (Å²) >= 11 is 0.